The zero-order chi connectivity index (χ0) is 31.0. The molecule has 7 heteroatoms. The number of hydrogen-bond donors (Lipinski definition) is 0. The van der Waals surface area contributed by atoms with Crippen molar-refractivity contribution >= 4 is 34.4 Å². The van der Waals surface area contributed by atoms with Gasteiger partial charge in [0.2, 0.25) is 0 Å². The Morgan fingerprint density at radius 1 is 0.522 bits per heavy atom. The van der Waals surface area contributed by atoms with E-state index in [1.54, 1.807) is 21.8 Å². The van der Waals surface area contributed by atoms with Crippen LogP contribution in [0.4, 0.5) is 0 Å². The van der Waals surface area contributed by atoms with E-state index in [0.29, 0.717) is 29.1 Å². The van der Waals surface area contributed by atoms with Crippen molar-refractivity contribution in [1.29, 1.82) is 0 Å². The number of para-hydroxylation sites is 2. The van der Waals surface area contributed by atoms with Crippen molar-refractivity contribution in [1.82, 2.24) is 24.1 Å². The zero-order valence-corrected chi connectivity index (χ0v) is 24.7. The summed E-state index contributed by atoms with van der Waals surface area (Å²) in [6, 6.07) is 42.4. The first kappa shape index (κ1) is 27.2. The molecule has 0 fully saturated rings. The number of carbonyl (C=O) groups excluding carboxylic acids is 2. The fourth-order valence-electron chi connectivity index (χ4n) is 6.16. The van der Waals surface area contributed by atoms with Gasteiger partial charge >= 0.3 is 0 Å². The molecule has 5 aromatic carbocycles. The lowest BCUT2D eigenvalue weighted by Crippen LogP contribution is -1.99. The van der Waals surface area contributed by atoms with E-state index in [1.165, 1.54) is 5.56 Å². The fourth-order valence-corrected chi connectivity index (χ4v) is 6.16. The minimum atomic E-state index is 0.513. The summed E-state index contributed by atoms with van der Waals surface area (Å²) in [5, 5.41) is 11.7. The summed E-state index contributed by atoms with van der Waals surface area (Å²) in [5.41, 5.74) is 9.00. The van der Waals surface area contributed by atoms with Gasteiger partial charge < -0.3 is 4.57 Å². The molecule has 3 heterocycles. The summed E-state index contributed by atoms with van der Waals surface area (Å²) in [6.45, 7) is 0.685. The molecule has 3 aromatic heterocycles. The lowest BCUT2D eigenvalue weighted by atomic mass is 10.0. The predicted octanol–water partition coefficient (Wildman–Crippen LogP) is 8.17. The number of hydrogen-bond acceptors (Lipinski definition) is 4. The first-order chi connectivity index (χ1) is 22.7. The topological polar surface area (TPSA) is 74.7 Å². The second-order valence-corrected chi connectivity index (χ2v) is 11.2. The molecule has 8 aromatic rings. The molecule has 220 valence electrons. The molecular weight excluding hydrogens is 570 g/mol. The van der Waals surface area contributed by atoms with Gasteiger partial charge in [-0.3, -0.25) is 9.59 Å². The third kappa shape index (κ3) is 4.71. The highest BCUT2D eigenvalue weighted by atomic mass is 16.1. The van der Waals surface area contributed by atoms with Gasteiger partial charge in [-0.25, -0.2) is 9.36 Å². The highest BCUT2D eigenvalue weighted by Gasteiger charge is 2.19. The standard InChI is InChI=1S/C39H27N5O2/c45-25-30-23-43(32-12-6-2-7-13-32)40-38(30)28-16-18-36-34(20-28)35-21-29(17-19-37(35)42(36)22-27-10-4-1-5-11-27)39-31(26-46)24-44(41-39)33-14-8-3-9-15-33/h1-21,23-26H,22H2. The van der Waals surface area contributed by atoms with E-state index < -0.39 is 0 Å². The summed E-state index contributed by atoms with van der Waals surface area (Å²) in [6.07, 6.45) is 5.24. The Bertz CT molecular complexity index is 2220. The van der Waals surface area contributed by atoms with E-state index >= 15 is 0 Å². The summed E-state index contributed by atoms with van der Waals surface area (Å²) in [7, 11) is 0. The van der Waals surface area contributed by atoms with Crippen molar-refractivity contribution in [3.63, 3.8) is 0 Å². The van der Waals surface area contributed by atoms with Crippen LogP contribution in [0.1, 0.15) is 26.3 Å². The molecule has 8 rings (SSSR count). The van der Waals surface area contributed by atoms with Crippen molar-refractivity contribution in [2.24, 2.45) is 0 Å². The number of fused-ring (bicyclic) bond motifs is 3. The van der Waals surface area contributed by atoms with Gasteiger partial charge in [0.15, 0.2) is 12.6 Å². The normalized spacial score (nSPS) is 11.3. The van der Waals surface area contributed by atoms with Gasteiger partial charge in [-0.1, -0.05) is 78.9 Å². The van der Waals surface area contributed by atoms with Crippen LogP contribution < -0.4 is 0 Å². The molecule has 0 unspecified atom stereocenters. The maximum Gasteiger partial charge on any atom is 0.153 e. The van der Waals surface area contributed by atoms with E-state index in [1.807, 2.05) is 91.0 Å². The monoisotopic (exact) mass is 597 g/mol. The summed E-state index contributed by atoms with van der Waals surface area (Å²) in [5.74, 6) is 0. The van der Waals surface area contributed by atoms with E-state index in [-0.39, 0.29) is 0 Å². The smallest absolute Gasteiger partial charge is 0.153 e. The van der Waals surface area contributed by atoms with Crippen LogP contribution in [0.2, 0.25) is 0 Å². The molecule has 0 atom stereocenters. The van der Waals surface area contributed by atoms with Crippen molar-refractivity contribution in [3.05, 3.63) is 156 Å². The van der Waals surface area contributed by atoms with Crippen LogP contribution in [-0.2, 0) is 6.54 Å². The average Bonchev–Trinajstić information content (AvgIpc) is 3.84. The Balaban J connectivity index is 1.32. The van der Waals surface area contributed by atoms with Gasteiger partial charge in [0.05, 0.1) is 22.5 Å². The van der Waals surface area contributed by atoms with Crippen LogP contribution in [-0.4, -0.2) is 36.7 Å². The Kier molecular flexibility index (Phi) is 6.69. The molecule has 0 aliphatic heterocycles. The van der Waals surface area contributed by atoms with E-state index in [9.17, 15) is 9.59 Å². The number of carbonyl (C=O) groups is 2. The van der Waals surface area contributed by atoms with Crippen LogP contribution >= 0.6 is 0 Å². The fraction of sp³-hybridized carbons (Fsp3) is 0.0256. The number of aromatic nitrogens is 5. The van der Waals surface area contributed by atoms with Gasteiger partial charge in [-0.2, -0.15) is 10.2 Å². The number of rotatable bonds is 8. The van der Waals surface area contributed by atoms with E-state index in [0.717, 1.165) is 56.9 Å². The average molecular weight is 598 g/mol. The third-order valence-electron chi connectivity index (χ3n) is 8.38. The highest BCUT2D eigenvalue weighted by molar-refractivity contribution is 6.11. The van der Waals surface area contributed by atoms with Crippen molar-refractivity contribution in [3.8, 4) is 33.9 Å². The number of aldehydes is 2. The summed E-state index contributed by atoms with van der Waals surface area (Å²) in [4.78, 5) is 24.4. The molecule has 0 saturated carbocycles. The molecular formula is C39H27N5O2. The molecule has 0 amide bonds. The van der Waals surface area contributed by atoms with Crippen molar-refractivity contribution < 1.29 is 9.59 Å². The number of benzene rings is 5. The quantitative estimate of drug-likeness (QED) is 0.166. The lowest BCUT2D eigenvalue weighted by Gasteiger charge is -2.08. The molecule has 0 spiro atoms. The number of nitrogens with zero attached hydrogens (tertiary/aromatic N) is 5. The first-order valence-corrected chi connectivity index (χ1v) is 15.0. The van der Waals surface area contributed by atoms with Crippen LogP contribution in [0, 0.1) is 0 Å². The van der Waals surface area contributed by atoms with Crippen LogP contribution in [0.3, 0.4) is 0 Å². The Morgan fingerprint density at radius 2 is 0.957 bits per heavy atom. The van der Waals surface area contributed by atoms with Gasteiger partial charge in [-0.15, -0.1) is 0 Å². The third-order valence-corrected chi connectivity index (χ3v) is 8.38. The zero-order valence-electron chi connectivity index (χ0n) is 24.7. The Hall–Kier alpha value is -6.34. The van der Waals surface area contributed by atoms with Crippen LogP contribution in [0.5, 0.6) is 0 Å². The molecule has 46 heavy (non-hydrogen) atoms. The van der Waals surface area contributed by atoms with Gasteiger partial charge in [0.1, 0.15) is 11.4 Å². The largest absolute Gasteiger partial charge is 0.336 e. The molecule has 0 saturated heterocycles. The lowest BCUT2D eigenvalue weighted by molar-refractivity contribution is 0.111. The minimum Gasteiger partial charge on any atom is -0.336 e. The maximum absolute atomic E-state index is 12.2. The Labute approximate surface area is 264 Å². The Morgan fingerprint density at radius 3 is 1.39 bits per heavy atom. The van der Waals surface area contributed by atoms with E-state index in [2.05, 4.69) is 41.0 Å². The maximum atomic E-state index is 12.2. The molecule has 0 aliphatic carbocycles. The van der Waals surface area contributed by atoms with Gasteiger partial charge in [0, 0.05) is 51.9 Å². The first-order valence-electron chi connectivity index (χ1n) is 15.0. The van der Waals surface area contributed by atoms with Gasteiger partial charge in [-0.05, 0) is 54.1 Å². The molecule has 0 radical (unpaired) electrons. The second kappa shape index (κ2) is 11.3. The van der Waals surface area contributed by atoms with Crippen molar-refractivity contribution in [2.75, 3.05) is 0 Å². The van der Waals surface area contributed by atoms with Crippen LogP contribution in [0.25, 0.3) is 55.7 Å². The summed E-state index contributed by atoms with van der Waals surface area (Å²) >= 11 is 0. The highest BCUT2D eigenvalue weighted by Crippen LogP contribution is 2.36. The SMILES string of the molecule is O=Cc1cn(-c2ccccc2)nc1-c1ccc2c(c1)c1cc(-c3nn(-c4ccccc4)cc3C=O)ccc1n2Cc1ccccc1. The predicted molar refractivity (Wildman–Crippen MR) is 181 cm³/mol. The molecule has 0 bridgehead atoms. The summed E-state index contributed by atoms with van der Waals surface area (Å²) < 4.78 is 5.79. The molecule has 0 N–H and O–H groups in total. The second-order valence-electron chi connectivity index (χ2n) is 11.2. The molecule has 0 aliphatic rings. The minimum absolute atomic E-state index is 0.513. The molecule has 7 nitrogen and oxygen atoms in total. The van der Waals surface area contributed by atoms with E-state index in [4.69, 9.17) is 10.2 Å². The van der Waals surface area contributed by atoms with Crippen molar-refractivity contribution in [2.45, 2.75) is 6.54 Å². The van der Waals surface area contributed by atoms with Crippen LogP contribution in [0.15, 0.2) is 140 Å². The van der Waals surface area contributed by atoms with Gasteiger partial charge in [0.25, 0.3) is 0 Å².